The molecular weight excluding hydrogens is 286 g/mol. The normalized spacial score (nSPS) is 12.2. The van der Waals surface area contributed by atoms with Gasteiger partial charge in [-0.3, -0.25) is 5.84 Å². The average Bonchev–Trinajstić information content (AvgIpc) is 2.44. The van der Waals surface area contributed by atoms with E-state index in [1.807, 2.05) is 0 Å². The highest BCUT2D eigenvalue weighted by Gasteiger charge is 2.18. The Hall–Kier alpha value is -1.69. The van der Waals surface area contributed by atoms with Crippen LogP contribution in [0, 0.1) is 11.6 Å². The van der Waals surface area contributed by atoms with Crippen molar-refractivity contribution in [2.75, 3.05) is 7.11 Å². The van der Waals surface area contributed by atoms with Gasteiger partial charge in [-0.05, 0) is 41.5 Å². The predicted octanol–water partition coefficient (Wildman–Crippen LogP) is 3.18. The van der Waals surface area contributed by atoms with Gasteiger partial charge in [-0.15, -0.1) is 0 Å². The summed E-state index contributed by atoms with van der Waals surface area (Å²) in [5.74, 6) is 4.64. The Morgan fingerprint density at radius 2 is 1.95 bits per heavy atom. The van der Waals surface area contributed by atoms with Crippen molar-refractivity contribution < 1.29 is 13.5 Å². The molecule has 0 amide bonds. The molecule has 0 saturated carbocycles. The molecule has 0 radical (unpaired) electrons. The largest absolute Gasteiger partial charge is 0.494 e. The van der Waals surface area contributed by atoms with E-state index in [1.54, 1.807) is 6.07 Å². The van der Waals surface area contributed by atoms with Crippen LogP contribution in [-0.4, -0.2) is 7.11 Å². The molecule has 1 unspecified atom stereocenters. The monoisotopic (exact) mass is 298 g/mol. The van der Waals surface area contributed by atoms with Gasteiger partial charge < -0.3 is 4.74 Å². The first kappa shape index (κ1) is 14.7. The van der Waals surface area contributed by atoms with Gasteiger partial charge in [0.25, 0.3) is 0 Å². The maximum atomic E-state index is 13.7. The Morgan fingerprint density at radius 1 is 1.20 bits per heavy atom. The van der Waals surface area contributed by atoms with Gasteiger partial charge in [-0.25, -0.2) is 14.2 Å². The molecule has 106 valence electrons. The highest BCUT2D eigenvalue weighted by atomic mass is 35.5. The number of hydrazine groups is 1. The molecule has 3 N–H and O–H groups in total. The van der Waals surface area contributed by atoms with Crippen molar-refractivity contribution in [2.45, 2.75) is 6.04 Å². The van der Waals surface area contributed by atoms with Gasteiger partial charge >= 0.3 is 0 Å². The molecule has 0 spiro atoms. The Labute approximate surface area is 120 Å². The molecule has 3 nitrogen and oxygen atoms in total. The first-order valence-electron chi connectivity index (χ1n) is 5.81. The number of methoxy groups -OCH3 is 1. The molecule has 0 aliphatic heterocycles. The number of hydrogen-bond acceptors (Lipinski definition) is 3. The Bertz CT molecular complexity index is 622. The van der Waals surface area contributed by atoms with Crippen LogP contribution in [0.1, 0.15) is 17.2 Å². The molecule has 0 aromatic heterocycles. The van der Waals surface area contributed by atoms with Crippen LogP contribution in [0.5, 0.6) is 5.75 Å². The lowest BCUT2D eigenvalue weighted by Crippen LogP contribution is -2.29. The lowest BCUT2D eigenvalue weighted by atomic mass is 9.99. The lowest BCUT2D eigenvalue weighted by Gasteiger charge is -2.19. The van der Waals surface area contributed by atoms with Crippen LogP contribution < -0.4 is 16.0 Å². The third-order valence-electron chi connectivity index (χ3n) is 2.94. The van der Waals surface area contributed by atoms with Gasteiger partial charge in [0, 0.05) is 5.02 Å². The maximum Gasteiger partial charge on any atom is 0.165 e. The summed E-state index contributed by atoms with van der Waals surface area (Å²) in [7, 11) is 1.38. The predicted molar refractivity (Wildman–Crippen MR) is 73.5 cm³/mol. The van der Waals surface area contributed by atoms with Crippen LogP contribution in [0.15, 0.2) is 36.4 Å². The molecule has 2 rings (SSSR count). The smallest absolute Gasteiger partial charge is 0.165 e. The zero-order chi connectivity index (χ0) is 14.7. The minimum Gasteiger partial charge on any atom is -0.494 e. The van der Waals surface area contributed by atoms with Gasteiger partial charge in [-0.1, -0.05) is 17.7 Å². The lowest BCUT2D eigenvalue weighted by molar-refractivity contribution is 0.385. The number of ether oxygens (including phenoxy) is 1. The van der Waals surface area contributed by atoms with E-state index in [-0.39, 0.29) is 5.75 Å². The van der Waals surface area contributed by atoms with Crippen molar-refractivity contribution in [3.63, 3.8) is 0 Å². The number of rotatable bonds is 4. The fourth-order valence-electron chi connectivity index (χ4n) is 1.96. The molecule has 0 heterocycles. The van der Waals surface area contributed by atoms with E-state index in [0.29, 0.717) is 16.1 Å². The van der Waals surface area contributed by atoms with Gasteiger partial charge in [0.15, 0.2) is 11.6 Å². The Morgan fingerprint density at radius 3 is 2.55 bits per heavy atom. The standard InChI is InChI=1S/C14H13ClF2N2O/c1-20-13-5-2-8(6-12(13)17)14(19-18)10-7-9(16)3-4-11(10)15/h2-7,14,19H,18H2,1H3. The van der Waals surface area contributed by atoms with Crippen molar-refractivity contribution in [1.29, 1.82) is 0 Å². The van der Waals surface area contributed by atoms with Gasteiger partial charge in [0.2, 0.25) is 0 Å². The topological polar surface area (TPSA) is 47.3 Å². The van der Waals surface area contributed by atoms with E-state index < -0.39 is 17.7 Å². The summed E-state index contributed by atoms with van der Waals surface area (Å²) in [6, 6.07) is 7.68. The average molecular weight is 299 g/mol. The number of hydrogen-bond donors (Lipinski definition) is 2. The second-order valence-corrected chi connectivity index (χ2v) is 4.57. The van der Waals surface area contributed by atoms with E-state index in [2.05, 4.69) is 5.43 Å². The molecule has 0 aliphatic rings. The van der Waals surface area contributed by atoms with Crippen molar-refractivity contribution in [1.82, 2.24) is 5.43 Å². The summed E-state index contributed by atoms with van der Waals surface area (Å²) in [5, 5.41) is 0.338. The summed E-state index contributed by atoms with van der Waals surface area (Å²) in [4.78, 5) is 0. The molecule has 0 bridgehead atoms. The maximum absolute atomic E-state index is 13.7. The second-order valence-electron chi connectivity index (χ2n) is 4.16. The molecule has 2 aromatic rings. The van der Waals surface area contributed by atoms with Crippen LogP contribution in [-0.2, 0) is 0 Å². The van der Waals surface area contributed by atoms with Crippen LogP contribution in [0.3, 0.4) is 0 Å². The fourth-order valence-corrected chi connectivity index (χ4v) is 2.19. The van der Waals surface area contributed by atoms with Crippen LogP contribution in [0.4, 0.5) is 8.78 Å². The quantitative estimate of drug-likeness (QED) is 0.673. The molecule has 2 aromatic carbocycles. The summed E-state index contributed by atoms with van der Waals surface area (Å²) in [6.07, 6.45) is 0. The van der Waals surface area contributed by atoms with Gasteiger partial charge in [-0.2, -0.15) is 0 Å². The zero-order valence-corrected chi connectivity index (χ0v) is 11.4. The Kier molecular flexibility index (Phi) is 4.54. The van der Waals surface area contributed by atoms with E-state index in [1.165, 1.54) is 37.4 Å². The minimum atomic E-state index is -0.626. The van der Waals surface area contributed by atoms with Crippen LogP contribution >= 0.6 is 11.6 Å². The highest BCUT2D eigenvalue weighted by Crippen LogP contribution is 2.30. The SMILES string of the molecule is COc1ccc(C(NN)c2cc(F)ccc2Cl)cc1F. The highest BCUT2D eigenvalue weighted by molar-refractivity contribution is 6.31. The molecule has 0 fully saturated rings. The van der Waals surface area contributed by atoms with E-state index in [0.717, 1.165) is 0 Å². The third-order valence-corrected chi connectivity index (χ3v) is 3.29. The van der Waals surface area contributed by atoms with Crippen molar-refractivity contribution in [3.8, 4) is 5.75 Å². The number of nitrogens with one attached hydrogen (secondary N) is 1. The van der Waals surface area contributed by atoms with E-state index >= 15 is 0 Å². The molecular formula is C14H13ClF2N2O. The van der Waals surface area contributed by atoms with E-state index in [4.69, 9.17) is 22.2 Å². The summed E-state index contributed by atoms with van der Waals surface area (Å²) in [5.41, 5.74) is 3.45. The van der Waals surface area contributed by atoms with Crippen molar-refractivity contribution in [2.24, 2.45) is 5.84 Å². The Balaban J connectivity index is 2.46. The summed E-state index contributed by atoms with van der Waals surface area (Å²) >= 11 is 6.04. The van der Waals surface area contributed by atoms with E-state index in [9.17, 15) is 8.78 Å². The van der Waals surface area contributed by atoms with Crippen LogP contribution in [0.25, 0.3) is 0 Å². The first-order valence-corrected chi connectivity index (χ1v) is 6.19. The second kappa shape index (κ2) is 6.17. The fraction of sp³-hybridized carbons (Fsp3) is 0.143. The number of halogens is 3. The number of nitrogens with two attached hydrogens (primary N) is 1. The van der Waals surface area contributed by atoms with Crippen LogP contribution in [0.2, 0.25) is 5.02 Å². The van der Waals surface area contributed by atoms with Gasteiger partial charge in [0.05, 0.1) is 13.2 Å². The molecule has 0 aliphatic carbocycles. The zero-order valence-electron chi connectivity index (χ0n) is 10.7. The molecule has 0 saturated heterocycles. The van der Waals surface area contributed by atoms with Gasteiger partial charge in [0.1, 0.15) is 5.82 Å². The third kappa shape index (κ3) is 2.90. The van der Waals surface area contributed by atoms with Crippen molar-refractivity contribution in [3.05, 3.63) is 64.2 Å². The first-order chi connectivity index (χ1) is 9.56. The molecule has 6 heteroatoms. The molecule has 1 atom stereocenters. The summed E-state index contributed by atoms with van der Waals surface area (Å²) < 4.78 is 31.9. The van der Waals surface area contributed by atoms with Crippen molar-refractivity contribution >= 4 is 11.6 Å². The number of benzene rings is 2. The minimum absolute atomic E-state index is 0.120. The molecule has 20 heavy (non-hydrogen) atoms. The summed E-state index contributed by atoms with van der Waals surface area (Å²) in [6.45, 7) is 0.